The van der Waals surface area contributed by atoms with Crippen molar-refractivity contribution in [1.29, 1.82) is 0 Å². The van der Waals surface area contributed by atoms with Gasteiger partial charge in [0.2, 0.25) is 0 Å². The summed E-state index contributed by atoms with van der Waals surface area (Å²) in [6.07, 6.45) is 3.91. The van der Waals surface area contributed by atoms with Gasteiger partial charge in [0.25, 0.3) is 0 Å². The monoisotopic (exact) mass is 351 g/mol. The number of para-hydroxylation sites is 1. The summed E-state index contributed by atoms with van der Waals surface area (Å²) in [4.78, 5) is 0. The molecule has 0 aromatic heterocycles. The van der Waals surface area contributed by atoms with Crippen LogP contribution in [0, 0.1) is 0 Å². The molecular weight excluding hydrogens is 318 g/mol. The molecule has 1 heterocycles. The Labute approximate surface area is 158 Å². The van der Waals surface area contributed by atoms with Gasteiger partial charge < -0.3 is 16.0 Å². The Bertz CT molecular complexity index is 675. The lowest BCUT2D eigenvalue weighted by atomic mass is 9.96. The Balaban J connectivity index is 1.44. The first-order chi connectivity index (χ1) is 12.7. The molecule has 1 aliphatic heterocycles. The Kier molecular flexibility index (Phi) is 7.10. The van der Waals surface area contributed by atoms with Gasteiger partial charge in [-0.15, -0.1) is 0 Å². The van der Waals surface area contributed by atoms with E-state index in [0.717, 1.165) is 26.2 Å². The van der Waals surface area contributed by atoms with E-state index in [4.69, 9.17) is 0 Å². The van der Waals surface area contributed by atoms with E-state index in [2.05, 4.69) is 78.3 Å². The molecular formula is C23H33N3. The Morgan fingerprint density at radius 2 is 1.92 bits per heavy atom. The van der Waals surface area contributed by atoms with Crippen LogP contribution in [0.3, 0.4) is 0 Å². The lowest BCUT2D eigenvalue weighted by Crippen LogP contribution is -2.27. The molecule has 3 N–H and O–H groups in total. The van der Waals surface area contributed by atoms with Crippen molar-refractivity contribution in [3.8, 4) is 0 Å². The molecule has 0 radical (unpaired) electrons. The van der Waals surface area contributed by atoms with Crippen LogP contribution in [0.2, 0.25) is 0 Å². The lowest BCUT2D eigenvalue weighted by Gasteiger charge is -2.24. The lowest BCUT2D eigenvalue weighted by molar-refractivity contribution is 0.412. The normalized spacial score (nSPS) is 17.4. The Morgan fingerprint density at radius 3 is 2.73 bits per heavy atom. The number of benzene rings is 2. The fourth-order valence-corrected chi connectivity index (χ4v) is 3.74. The third kappa shape index (κ3) is 5.33. The minimum Gasteiger partial charge on any atom is -0.384 e. The van der Waals surface area contributed by atoms with Crippen molar-refractivity contribution in [3.05, 3.63) is 65.2 Å². The van der Waals surface area contributed by atoms with Crippen LogP contribution in [0.15, 0.2) is 48.5 Å². The maximum Gasteiger partial charge on any atom is 0.0375 e. The van der Waals surface area contributed by atoms with Crippen LogP contribution in [-0.4, -0.2) is 19.6 Å². The van der Waals surface area contributed by atoms with Crippen molar-refractivity contribution in [2.45, 2.75) is 51.6 Å². The zero-order valence-corrected chi connectivity index (χ0v) is 16.2. The van der Waals surface area contributed by atoms with E-state index >= 15 is 0 Å². The molecule has 140 valence electrons. The maximum absolute atomic E-state index is 3.64. The molecule has 3 rings (SSSR count). The summed E-state index contributed by atoms with van der Waals surface area (Å²) in [6, 6.07) is 18.2. The van der Waals surface area contributed by atoms with Crippen LogP contribution in [0.4, 0.5) is 5.69 Å². The number of hydrogen-bond acceptors (Lipinski definition) is 3. The number of nitrogens with one attached hydrogen (secondary N) is 3. The topological polar surface area (TPSA) is 36.1 Å². The Hall–Kier alpha value is -1.84. The molecule has 3 nitrogen and oxygen atoms in total. The van der Waals surface area contributed by atoms with Crippen LogP contribution < -0.4 is 16.0 Å². The number of anilines is 1. The van der Waals surface area contributed by atoms with E-state index in [1.165, 1.54) is 41.6 Å². The number of piperidine rings is 1. The fraction of sp³-hybridized carbons (Fsp3) is 0.478. The molecule has 1 fully saturated rings. The van der Waals surface area contributed by atoms with Crippen LogP contribution in [0.25, 0.3) is 0 Å². The average molecular weight is 352 g/mol. The smallest absolute Gasteiger partial charge is 0.0375 e. The minimum absolute atomic E-state index is 0.540. The minimum atomic E-state index is 0.540. The molecule has 0 saturated carbocycles. The molecule has 1 atom stereocenters. The average Bonchev–Trinajstić information content (AvgIpc) is 2.69. The second-order valence-electron chi connectivity index (χ2n) is 7.59. The van der Waals surface area contributed by atoms with Gasteiger partial charge in [0.05, 0.1) is 0 Å². The third-order valence-electron chi connectivity index (χ3n) is 5.19. The van der Waals surface area contributed by atoms with Gasteiger partial charge in [0, 0.05) is 31.4 Å². The van der Waals surface area contributed by atoms with Gasteiger partial charge in [-0.1, -0.05) is 62.7 Å². The second-order valence-corrected chi connectivity index (χ2v) is 7.59. The molecule has 0 amide bonds. The van der Waals surface area contributed by atoms with E-state index in [9.17, 15) is 0 Å². The summed E-state index contributed by atoms with van der Waals surface area (Å²) in [5, 5.41) is 10.8. The van der Waals surface area contributed by atoms with Gasteiger partial charge in [-0.25, -0.2) is 0 Å². The van der Waals surface area contributed by atoms with E-state index in [-0.39, 0.29) is 0 Å². The molecule has 1 saturated heterocycles. The van der Waals surface area contributed by atoms with Crippen molar-refractivity contribution in [3.63, 3.8) is 0 Å². The van der Waals surface area contributed by atoms with Crippen molar-refractivity contribution < 1.29 is 0 Å². The molecule has 0 spiro atoms. The Morgan fingerprint density at radius 1 is 1.04 bits per heavy atom. The van der Waals surface area contributed by atoms with E-state index in [1.807, 2.05) is 0 Å². The second kappa shape index (κ2) is 9.75. The highest BCUT2D eigenvalue weighted by molar-refractivity contribution is 5.52. The van der Waals surface area contributed by atoms with Crippen LogP contribution in [-0.2, 0) is 6.54 Å². The number of hydrogen-bond donors (Lipinski definition) is 3. The molecule has 3 heteroatoms. The first kappa shape index (κ1) is 18.9. The molecule has 2 aromatic carbocycles. The van der Waals surface area contributed by atoms with Gasteiger partial charge in [0.15, 0.2) is 0 Å². The summed E-state index contributed by atoms with van der Waals surface area (Å²) in [6.45, 7) is 8.45. The zero-order chi connectivity index (χ0) is 18.2. The highest BCUT2D eigenvalue weighted by Crippen LogP contribution is 2.24. The fourth-order valence-electron chi connectivity index (χ4n) is 3.74. The van der Waals surface area contributed by atoms with Gasteiger partial charge in [-0.3, -0.25) is 0 Å². The SMILES string of the molecule is CC(C)c1ccccc1NCCNCc1cccc(C2CCCCN2)c1. The molecule has 1 unspecified atom stereocenters. The van der Waals surface area contributed by atoms with Gasteiger partial charge in [-0.2, -0.15) is 0 Å². The quantitative estimate of drug-likeness (QED) is 0.596. The van der Waals surface area contributed by atoms with Crippen molar-refractivity contribution in [2.75, 3.05) is 25.0 Å². The van der Waals surface area contributed by atoms with Crippen LogP contribution >= 0.6 is 0 Å². The number of rotatable bonds is 8. The van der Waals surface area contributed by atoms with Crippen molar-refractivity contribution >= 4 is 5.69 Å². The zero-order valence-electron chi connectivity index (χ0n) is 16.2. The van der Waals surface area contributed by atoms with E-state index in [1.54, 1.807) is 0 Å². The predicted molar refractivity (Wildman–Crippen MR) is 112 cm³/mol. The highest BCUT2D eigenvalue weighted by Gasteiger charge is 2.14. The first-order valence-corrected chi connectivity index (χ1v) is 10.1. The summed E-state index contributed by atoms with van der Waals surface area (Å²) in [5.41, 5.74) is 5.46. The summed E-state index contributed by atoms with van der Waals surface area (Å²) >= 11 is 0. The molecule has 2 aromatic rings. The molecule has 26 heavy (non-hydrogen) atoms. The van der Waals surface area contributed by atoms with E-state index in [0.29, 0.717) is 12.0 Å². The van der Waals surface area contributed by atoms with E-state index < -0.39 is 0 Å². The highest BCUT2D eigenvalue weighted by atomic mass is 14.9. The van der Waals surface area contributed by atoms with Gasteiger partial charge in [-0.05, 0) is 48.1 Å². The summed E-state index contributed by atoms with van der Waals surface area (Å²) < 4.78 is 0. The largest absolute Gasteiger partial charge is 0.384 e. The summed E-state index contributed by atoms with van der Waals surface area (Å²) in [5.74, 6) is 0.544. The summed E-state index contributed by atoms with van der Waals surface area (Å²) in [7, 11) is 0. The molecule has 0 bridgehead atoms. The van der Waals surface area contributed by atoms with Crippen molar-refractivity contribution in [1.82, 2.24) is 10.6 Å². The first-order valence-electron chi connectivity index (χ1n) is 10.1. The van der Waals surface area contributed by atoms with Crippen LogP contribution in [0.1, 0.15) is 61.8 Å². The molecule has 0 aliphatic carbocycles. The molecule has 1 aliphatic rings. The van der Waals surface area contributed by atoms with Crippen LogP contribution in [0.5, 0.6) is 0 Å². The predicted octanol–water partition coefficient (Wildman–Crippen LogP) is 4.83. The maximum atomic E-state index is 3.64. The third-order valence-corrected chi connectivity index (χ3v) is 5.19. The van der Waals surface area contributed by atoms with Gasteiger partial charge >= 0.3 is 0 Å². The van der Waals surface area contributed by atoms with Crippen molar-refractivity contribution in [2.24, 2.45) is 0 Å². The standard InChI is InChI=1S/C23H33N3/c1-18(2)21-10-3-4-12-23(21)26-15-14-24-17-19-8-7-9-20(16-19)22-11-5-6-13-25-22/h3-4,7-10,12,16,18,22,24-26H,5-6,11,13-15,17H2,1-2H3. The van der Waals surface area contributed by atoms with Gasteiger partial charge in [0.1, 0.15) is 0 Å².